The van der Waals surface area contributed by atoms with Crippen molar-refractivity contribution in [1.82, 2.24) is 20.6 Å². The highest BCUT2D eigenvalue weighted by Crippen LogP contribution is 2.27. The zero-order chi connectivity index (χ0) is 24.9. The van der Waals surface area contributed by atoms with Crippen LogP contribution in [0.4, 0.5) is 15.0 Å². The second kappa shape index (κ2) is 10.9. The van der Waals surface area contributed by atoms with Crippen LogP contribution in [0.15, 0.2) is 24.5 Å². The van der Waals surface area contributed by atoms with Gasteiger partial charge >= 0.3 is 6.09 Å². The normalized spacial score (nSPS) is 19.2. The first-order valence-electron chi connectivity index (χ1n) is 11.4. The Hall–Kier alpha value is -3.14. The van der Waals surface area contributed by atoms with Crippen LogP contribution < -0.4 is 16.0 Å². The van der Waals surface area contributed by atoms with E-state index in [2.05, 4.69) is 25.9 Å². The lowest BCUT2D eigenvalue weighted by atomic mass is 10.0. The Bertz CT molecular complexity index is 1000. The van der Waals surface area contributed by atoms with Gasteiger partial charge in [0.1, 0.15) is 23.3 Å². The third kappa shape index (κ3) is 7.18. The highest BCUT2D eigenvalue weighted by molar-refractivity contribution is 5.94. The van der Waals surface area contributed by atoms with Crippen molar-refractivity contribution in [1.29, 1.82) is 0 Å². The van der Waals surface area contributed by atoms with E-state index in [-0.39, 0.29) is 31.1 Å². The summed E-state index contributed by atoms with van der Waals surface area (Å²) in [5, 5.41) is 8.65. The van der Waals surface area contributed by atoms with Crippen molar-refractivity contribution < 1.29 is 23.5 Å². The van der Waals surface area contributed by atoms with E-state index < -0.39 is 17.9 Å². The van der Waals surface area contributed by atoms with Crippen molar-refractivity contribution in [3.8, 4) is 11.1 Å². The fourth-order valence-electron chi connectivity index (χ4n) is 3.55. The number of carbonyl (C=O) groups excluding carboxylic acids is 2. The largest absolute Gasteiger partial charge is 0.444 e. The molecule has 0 spiro atoms. The molecule has 2 aromatic rings. The van der Waals surface area contributed by atoms with Crippen molar-refractivity contribution in [2.24, 2.45) is 0 Å². The molecular formula is C24H34FN5O4. The van der Waals surface area contributed by atoms with E-state index in [1.54, 1.807) is 46.2 Å². The molecule has 0 unspecified atom stereocenters. The van der Waals surface area contributed by atoms with Gasteiger partial charge in [-0.2, -0.15) is 0 Å². The Morgan fingerprint density at radius 2 is 2.12 bits per heavy atom. The standard InChI is InChI=1S/C24H34FN5O4/c1-14-10-27-21(30-19-6-7-33-13-18(19)25)9-17(14)16-8-20(26-12-16)22(31)29-15(2)11-28-23(32)34-24(3,4)5/h8-10,12,15,18-19,26H,6-7,11,13H2,1-5H3,(H,27,30)(H,28,32)(H,29,31)/t15-,18+,19+/m0/s1. The molecule has 0 saturated carbocycles. The number of carbonyl (C=O) groups is 2. The number of anilines is 1. The van der Waals surface area contributed by atoms with Crippen molar-refractivity contribution in [3.05, 3.63) is 35.8 Å². The van der Waals surface area contributed by atoms with E-state index in [0.717, 1.165) is 16.7 Å². The summed E-state index contributed by atoms with van der Waals surface area (Å²) in [6, 6.07) is 2.95. The predicted molar refractivity (Wildman–Crippen MR) is 128 cm³/mol. The molecule has 3 atom stereocenters. The Kier molecular flexibility index (Phi) is 8.14. The highest BCUT2D eigenvalue weighted by Gasteiger charge is 2.26. The number of aryl methyl sites for hydroxylation is 1. The Morgan fingerprint density at radius 1 is 1.35 bits per heavy atom. The average Bonchev–Trinajstić information content (AvgIpc) is 3.24. The van der Waals surface area contributed by atoms with E-state index >= 15 is 0 Å². The van der Waals surface area contributed by atoms with Gasteiger partial charge in [0.2, 0.25) is 0 Å². The maximum Gasteiger partial charge on any atom is 0.407 e. The molecule has 9 nitrogen and oxygen atoms in total. The van der Waals surface area contributed by atoms with Gasteiger partial charge < -0.3 is 30.4 Å². The number of hydrogen-bond donors (Lipinski definition) is 4. The molecule has 3 rings (SSSR count). The summed E-state index contributed by atoms with van der Waals surface area (Å²) in [5.41, 5.74) is 2.43. The molecule has 2 aromatic heterocycles. The van der Waals surface area contributed by atoms with Crippen LogP contribution in [0.3, 0.4) is 0 Å². The second-order valence-corrected chi connectivity index (χ2v) is 9.57. The summed E-state index contributed by atoms with van der Waals surface area (Å²) in [4.78, 5) is 31.8. The predicted octanol–water partition coefficient (Wildman–Crippen LogP) is 3.57. The minimum Gasteiger partial charge on any atom is -0.444 e. The van der Waals surface area contributed by atoms with Crippen molar-refractivity contribution in [2.45, 2.75) is 64.9 Å². The summed E-state index contributed by atoms with van der Waals surface area (Å²) in [6.45, 7) is 9.90. The third-order valence-corrected chi connectivity index (χ3v) is 5.29. The number of pyridine rings is 1. The topological polar surface area (TPSA) is 117 Å². The van der Waals surface area contributed by atoms with Crippen LogP contribution in [0, 0.1) is 6.92 Å². The van der Waals surface area contributed by atoms with Gasteiger partial charge in [0.25, 0.3) is 5.91 Å². The van der Waals surface area contributed by atoms with Gasteiger partial charge in [-0.05, 0) is 64.3 Å². The van der Waals surface area contributed by atoms with Crippen LogP contribution in [-0.2, 0) is 9.47 Å². The van der Waals surface area contributed by atoms with Gasteiger partial charge in [-0.3, -0.25) is 4.79 Å². The maximum absolute atomic E-state index is 14.1. The quantitative estimate of drug-likeness (QED) is 0.486. The van der Waals surface area contributed by atoms with E-state index in [4.69, 9.17) is 9.47 Å². The molecule has 0 aromatic carbocycles. The Labute approximate surface area is 199 Å². The third-order valence-electron chi connectivity index (χ3n) is 5.29. The van der Waals surface area contributed by atoms with Gasteiger partial charge in [0.05, 0.1) is 12.6 Å². The summed E-state index contributed by atoms with van der Waals surface area (Å²) in [6.07, 6.45) is 2.42. The molecular weight excluding hydrogens is 441 g/mol. The van der Waals surface area contributed by atoms with Gasteiger partial charge in [0.15, 0.2) is 0 Å². The molecule has 1 fully saturated rings. The fourth-order valence-corrected chi connectivity index (χ4v) is 3.55. The molecule has 1 aliphatic rings. The first-order chi connectivity index (χ1) is 16.0. The molecule has 4 N–H and O–H groups in total. The lowest BCUT2D eigenvalue weighted by molar-refractivity contribution is 0.0285. The van der Waals surface area contributed by atoms with Gasteiger partial charge in [0, 0.05) is 37.2 Å². The van der Waals surface area contributed by atoms with Crippen molar-refractivity contribution in [2.75, 3.05) is 25.1 Å². The molecule has 0 radical (unpaired) electrons. The number of halogens is 1. The number of alkyl carbamates (subject to hydrolysis) is 1. The van der Waals surface area contributed by atoms with E-state index in [1.807, 2.05) is 13.0 Å². The molecule has 10 heteroatoms. The molecule has 186 valence electrons. The Balaban J connectivity index is 1.60. The van der Waals surface area contributed by atoms with Crippen LogP contribution in [0.25, 0.3) is 11.1 Å². The molecule has 2 amide bonds. The van der Waals surface area contributed by atoms with Crippen molar-refractivity contribution >= 4 is 17.8 Å². The number of nitrogens with one attached hydrogen (secondary N) is 4. The summed E-state index contributed by atoms with van der Waals surface area (Å²) in [7, 11) is 0. The smallest absolute Gasteiger partial charge is 0.407 e. The number of H-pyrrole nitrogens is 1. The SMILES string of the molecule is Cc1cnc(N[C@@H]2CCOC[C@H]2F)cc1-c1c[nH]c(C(=O)N[C@@H](C)CNC(=O)OC(C)(C)C)c1. The minimum atomic E-state index is -1.09. The summed E-state index contributed by atoms with van der Waals surface area (Å²) >= 11 is 0. The molecule has 1 saturated heterocycles. The number of hydrogen-bond acceptors (Lipinski definition) is 6. The first kappa shape index (κ1) is 25.5. The van der Waals surface area contributed by atoms with Crippen LogP contribution in [0.5, 0.6) is 0 Å². The fraction of sp³-hybridized carbons (Fsp3) is 0.542. The molecule has 3 heterocycles. The van der Waals surface area contributed by atoms with Gasteiger partial charge in [-0.1, -0.05) is 0 Å². The minimum absolute atomic E-state index is 0.0817. The number of alkyl halides is 1. The summed E-state index contributed by atoms with van der Waals surface area (Å²) in [5.74, 6) is 0.279. The maximum atomic E-state index is 14.1. The van der Waals surface area contributed by atoms with E-state index in [0.29, 0.717) is 24.5 Å². The number of aromatic nitrogens is 2. The number of rotatable bonds is 7. The van der Waals surface area contributed by atoms with Gasteiger partial charge in [-0.15, -0.1) is 0 Å². The van der Waals surface area contributed by atoms with Gasteiger partial charge in [-0.25, -0.2) is 14.2 Å². The second-order valence-electron chi connectivity index (χ2n) is 9.57. The van der Waals surface area contributed by atoms with E-state index in [1.165, 1.54) is 0 Å². The molecule has 0 bridgehead atoms. The molecule has 0 aliphatic carbocycles. The first-order valence-corrected chi connectivity index (χ1v) is 11.4. The van der Waals surface area contributed by atoms with Crippen LogP contribution in [0.1, 0.15) is 50.2 Å². The van der Waals surface area contributed by atoms with Crippen LogP contribution in [0.2, 0.25) is 0 Å². The van der Waals surface area contributed by atoms with E-state index in [9.17, 15) is 14.0 Å². The van der Waals surface area contributed by atoms with Crippen LogP contribution >= 0.6 is 0 Å². The zero-order valence-electron chi connectivity index (χ0n) is 20.3. The zero-order valence-corrected chi connectivity index (χ0v) is 20.3. The molecule has 1 aliphatic heterocycles. The lowest BCUT2D eigenvalue weighted by Crippen LogP contribution is -2.43. The molecule has 34 heavy (non-hydrogen) atoms. The number of amides is 2. The lowest BCUT2D eigenvalue weighted by Gasteiger charge is -2.27. The summed E-state index contributed by atoms with van der Waals surface area (Å²) < 4.78 is 24.5. The highest BCUT2D eigenvalue weighted by atomic mass is 19.1. The average molecular weight is 476 g/mol. The monoisotopic (exact) mass is 475 g/mol. The number of nitrogens with zero attached hydrogens (tertiary/aromatic N) is 1. The van der Waals surface area contributed by atoms with Crippen LogP contribution in [-0.4, -0.2) is 65.6 Å². The number of ether oxygens (including phenoxy) is 2. The Morgan fingerprint density at radius 3 is 2.82 bits per heavy atom. The van der Waals surface area contributed by atoms with Crippen molar-refractivity contribution in [3.63, 3.8) is 0 Å². The number of aromatic amines is 1.